The fraction of sp³-hybridized carbons (Fsp3) is 0. The zero-order valence-corrected chi connectivity index (χ0v) is 11.4. The minimum atomic E-state index is -1.03. The van der Waals surface area contributed by atoms with E-state index in [9.17, 15) is 9.59 Å². The van der Waals surface area contributed by atoms with Crippen molar-refractivity contribution in [3.63, 3.8) is 0 Å². The molecule has 0 aliphatic carbocycles. The van der Waals surface area contributed by atoms with Crippen LogP contribution >= 0.6 is 0 Å². The quantitative estimate of drug-likeness (QED) is 0.821. The first-order valence-corrected chi connectivity index (χ1v) is 6.29. The zero-order valence-electron chi connectivity index (χ0n) is 11.4. The zero-order chi connectivity index (χ0) is 15.9. The van der Waals surface area contributed by atoms with Crippen molar-refractivity contribution in [1.29, 1.82) is 0 Å². The van der Waals surface area contributed by atoms with E-state index in [-0.39, 0.29) is 0 Å². The van der Waals surface area contributed by atoms with Crippen LogP contribution in [0, 0.1) is 0 Å². The SMILES string of the molecule is O=C(O)C=Cc1ccnc(-c2cc(C=CC(=O)O)ccn2)c1. The molecule has 0 fully saturated rings. The van der Waals surface area contributed by atoms with Crippen molar-refractivity contribution >= 4 is 24.1 Å². The number of aromatic nitrogens is 2. The molecule has 0 aliphatic heterocycles. The highest BCUT2D eigenvalue weighted by atomic mass is 16.4. The van der Waals surface area contributed by atoms with Gasteiger partial charge in [-0.05, 0) is 47.5 Å². The van der Waals surface area contributed by atoms with Crippen molar-refractivity contribution in [2.45, 2.75) is 0 Å². The summed E-state index contributed by atoms with van der Waals surface area (Å²) < 4.78 is 0. The maximum absolute atomic E-state index is 10.5. The van der Waals surface area contributed by atoms with Crippen molar-refractivity contribution in [2.24, 2.45) is 0 Å². The summed E-state index contributed by atoms with van der Waals surface area (Å²) in [6.45, 7) is 0. The van der Waals surface area contributed by atoms with Gasteiger partial charge < -0.3 is 10.2 Å². The third-order valence-electron chi connectivity index (χ3n) is 2.67. The minimum Gasteiger partial charge on any atom is -0.478 e. The normalized spacial score (nSPS) is 11.1. The predicted molar refractivity (Wildman–Crippen MR) is 80.8 cm³/mol. The molecule has 0 bridgehead atoms. The third-order valence-corrected chi connectivity index (χ3v) is 2.67. The first-order chi connectivity index (χ1) is 10.5. The van der Waals surface area contributed by atoms with E-state index in [0.29, 0.717) is 22.5 Å². The number of nitrogens with zero attached hydrogens (tertiary/aromatic N) is 2. The molecule has 0 atom stereocenters. The molecule has 110 valence electrons. The second kappa shape index (κ2) is 6.94. The number of aliphatic carboxylic acids is 2. The molecule has 6 nitrogen and oxygen atoms in total. The van der Waals surface area contributed by atoms with Crippen molar-refractivity contribution in [1.82, 2.24) is 9.97 Å². The van der Waals surface area contributed by atoms with E-state index in [1.54, 1.807) is 36.7 Å². The van der Waals surface area contributed by atoms with Crippen molar-refractivity contribution in [3.8, 4) is 11.4 Å². The van der Waals surface area contributed by atoms with Gasteiger partial charge in [-0.15, -0.1) is 0 Å². The first kappa shape index (κ1) is 15.1. The lowest BCUT2D eigenvalue weighted by molar-refractivity contribution is -0.132. The summed E-state index contributed by atoms with van der Waals surface area (Å²) in [5.74, 6) is -2.06. The van der Waals surface area contributed by atoms with Crippen LogP contribution in [0.4, 0.5) is 0 Å². The van der Waals surface area contributed by atoms with Crippen LogP contribution < -0.4 is 0 Å². The van der Waals surface area contributed by atoms with Gasteiger partial charge in [0, 0.05) is 24.5 Å². The highest BCUT2D eigenvalue weighted by Crippen LogP contribution is 2.18. The number of hydrogen-bond acceptors (Lipinski definition) is 4. The van der Waals surface area contributed by atoms with Gasteiger partial charge in [-0.25, -0.2) is 9.59 Å². The van der Waals surface area contributed by atoms with E-state index < -0.39 is 11.9 Å². The lowest BCUT2D eigenvalue weighted by atomic mass is 10.1. The van der Waals surface area contributed by atoms with Crippen LogP contribution in [0.3, 0.4) is 0 Å². The van der Waals surface area contributed by atoms with E-state index in [1.807, 2.05) is 0 Å². The van der Waals surface area contributed by atoms with Crippen LogP contribution in [-0.2, 0) is 9.59 Å². The molecule has 2 rings (SSSR count). The van der Waals surface area contributed by atoms with Gasteiger partial charge in [0.2, 0.25) is 0 Å². The van der Waals surface area contributed by atoms with Gasteiger partial charge >= 0.3 is 11.9 Å². The van der Waals surface area contributed by atoms with Crippen molar-refractivity contribution in [3.05, 3.63) is 59.9 Å². The van der Waals surface area contributed by atoms with Crippen molar-refractivity contribution < 1.29 is 19.8 Å². The first-order valence-electron chi connectivity index (χ1n) is 6.29. The molecule has 0 saturated carbocycles. The summed E-state index contributed by atoms with van der Waals surface area (Å²) in [6, 6.07) is 6.76. The molecule has 0 aliphatic rings. The Morgan fingerprint density at radius 2 is 1.23 bits per heavy atom. The average molecular weight is 296 g/mol. The maximum Gasteiger partial charge on any atom is 0.328 e. The Labute approximate surface area is 126 Å². The Kier molecular flexibility index (Phi) is 4.77. The smallest absolute Gasteiger partial charge is 0.328 e. The lowest BCUT2D eigenvalue weighted by Gasteiger charge is -2.02. The highest BCUT2D eigenvalue weighted by molar-refractivity contribution is 5.86. The molecule has 2 aromatic heterocycles. The molecule has 2 heterocycles. The third kappa shape index (κ3) is 4.38. The van der Waals surface area contributed by atoms with Crippen LogP contribution in [0.1, 0.15) is 11.1 Å². The molecule has 0 saturated heterocycles. The van der Waals surface area contributed by atoms with Gasteiger partial charge in [0.1, 0.15) is 0 Å². The van der Waals surface area contributed by atoms with Gasteiger partial charge in [-0.2, -0.15) is 0 Å². The van der Waals surface area contributed by atoms with E-state index >= 15 is 0 Å². The van der Waals surface area contributed by atoms with Crippen molar-refractivity contribution in [2.75, 3.05) is 0 Å². The fourth-order valence-corrected chi connectivity index (χ4v) is 1.72. The topological polar surface area (TPSA) is 100 Å². The molecule has 2 aromatic rings. The van der Waals surface area contributed by atoms with Gasteiger partial charge in [0.25, 0.3) is 0 Å². The minimum absolute atomic E-state index is 0.568. The summed E-state index contributed by atoms with van der Waals surface area (Å²) in [5.41, 5.74) is 2.50. The Morgan fingerprint density at radius 1 is 0.818 bits per heavy atom. The van der Waals surface area contributed by atoms with Gasteiger partial charge in [-0.3, -0.25) is 9.97 Å². The van der Waals surface area contributed by atoms with E-state index in [2.05, 4.69) is 9.97 Å². The second-order valence-electron chi connectivity index (χ2n) is 4.29. The Balaban J connectivity index is 2.32. The monoisotopic (exact) mass is 296 g/mol. The van der Waals surface area contributed by atoms with Crippen LogP contribution in [0.2, 0.25) is 0 Å². The Bertz CT molecular complexity index is 701. The molecule has 2 N–H and O–H groups in total. The molecule has 6 heteroatoms. The average Bonchev–Trinajstić information content (AvgIpc) is 2.51. The predicted octanol–water partition coefficient (Wildman–Crippen LogP) is 2.34. The molecule has 0 radical (unpaired) electrons. The molecule has 22 heavy (non-hydrogen) atoms. The number of carboxylic acids is 2. The van der Waals surface area contributed by atoms with Gasteiger partial charge in [-0.1, -0.05) is 0 Å². The van der Waals surface area contributed by atoms with E-state index in [0.717, 1.165) is 12.2 Å². The van der Waals surface area contributed by atoms with Crippen LogP contribution in [0.25, 0.3) is 23.5 Å². The summed E-state index contributed by atoms with van der Waals surface area (Å²) in [7, 11) is 0. The second-order valence-corrected chi connectivity index (χ2v) is 4.29. The fourth-order valence-electron chi connectivity index (χ4n) is 1.72. The van der Waals surface area contributed by atoms with Crippen LogP contribution in [-0.4, -0.2) is 32.1 Å². The molecular weight excluding hydrogens is 284 g/mol. The molecule has 0 spiro atoms. The van der Waals surface area contributed by atoms with Gasteiger partial charge in [0.05, 0.1) is 11.4 Å². The number of carbonyl (C=O) groups is 2. The Hall–Kier alpha value is -3.28. The molecular formula is C16H12N2O4. The highest BCUT2D eigenvalue weighted by Gasteiger charge is 2.02. The number of carboxylic acid groups (broad SMARTS) is 2. The number of hydrogen-bond donors (Lipinski definition) is 2. The molecule has 0 unspecified atom stereocenters. The summed E-state index contributed by atoms with van der Waals surface area (Å²) in [5, 5.41) is 17.3. The number of rotatable bonds is 5. The summed E-state index contributed by atoms with van der Waals surface area (Å²) >= 11 is 0. The Morgan fingerprint density at radius 3 is 1.59 bits per heavy atom. The lowest BCUT2D eigenvalue weighted by Crippen LogP contribution is -1.90. The van der Waals surface area contributed by atoms with Crippen LogP contribution in [0.5, 0.6) is 0 Å². The molecule has 0 aromatic carbocycles. The summed E-state index contributed by atoms with van der Waals surface area (Å²) in [4.78, 5) is 29.4. The maximum atomic E-state index is 10.5. The molecule has 0 amide bonds. The number of pyridine rings is 2. The summed E-state index contributed by atoms with van der Waals surface area (Å²) in [6.07, 6.45) is 8.11. The van der Waals surface area contributed by atoms with Crippen LogP contribution in [0.15, 0.2) is 48.8 Å². The standard InChI is InChI=1S/C16H12N2O4/c19-15(20)3-1-11-5-7-17-13(9-11)14-10-12(6-8-18-14)2-4-16(21)22/h1-10H,(H,19,20)(H,21,22). The van der Waals surface area contributed by atoms with Gasteiger partial charge in [0.15, 0.2) is 0 Å². The van der Waals surface area contributed by atoms with E-state index in [4.69, 9.17) is 10.2 Å². The largest absolute Gasteiger partial charge is 0.478 e. The van der Waals surface area contributed by atoms with E-state index in [1.165, 1.54) is 12.2 Å².